The number of rotatable bonds is 5. The molecule has 3 unspecified atom stereocenters. The lowest BCUT2D eigenvalue weighted by Gasteiger charge is -2.34. The molecule has 3 N–H and O–H groups in total. The summed E-state index contributed by atoms with van der Waals surface area (Å²) in [6.45, 7) is 7.23. The Morgan fingerprint density at radius 3 is 2.53 bits per heavy atom. The van der Waals surface area contributed by atoms with Gasteiger partial charge in [-0.25, -0.2) is 0 Å². The first kappa shape index (κ1) is 16.0. The average molecular weight is 269 g/mol. The van der Waals surface area contributed by atoms with Gasteiger partial charge in [0.2, 0.25) is 11.8 Å². The molecule has 0 bridgehead atoms. The van der Waals surface area contributed by atoms with Crippen molar-refractivity contribution in [2.75, 3.05) is 19.6 Å². The van der Waals surface area contributed by atoms with Crippen LogP contribution < -0.4 is 11.1 Å². The van der Waals surface area contributed by atoms with E-state index in [-0.39, 0.29) is 30.3 Å². The van der Waals surface area contributed by atoms with Crippen molar-refractivity contribution >= 4 is 11.8 Å². The highest BCUT2D eigenvalue weighted by molar-refractivity contribution is 5.85. The largest absolute Gasteiger partial charge is 0.355 e. The maximum absolute atomic E-state index is 12.4. The smallest absolute Gasteiger partial charge is 0.239 e. The Morgan fingerprint density at radius 1 is 1.32 bits per heavy atom. The SMILES string of the molecule is CCNC(=O)CN(CC)C(=O)C1CCC(N)C(C)C1. The quantitative estimate of drug-likeness (QED) is 0.773. The minimum atomic E-state index is -0.0849. The molecule has 1 rings (SSSR count). The van der Waals surface area contributed by atoms with Crippen LogP contribution in [0, 0.1) is 11.8 Å². The zero-order valence-corrected chi connectivity index (χ0v) is 12.3. The summed E-state index contributed by atoms with van der Waals surface area (Å²) in [5, 5.41) is 2.73. The predicted molar refractivity (Wildman–Crippen MR) is 75.4 cm³/mol. The molecule has 19 heavy (non-hydrogen) atoms. The average Bonchev–Trinajstić information content (AvgIpc) is 2.38. The molecule has 1 saturated carbocycles. The number of likely N-dealkylation sites (N-methyl/N-ethyl adjacent to an activating group) is 2. The van der Waals surface area contributed by atoms with Crippen LogP contribution in [0.2, 0.25) is 0 Å². The van der Waals surface area contributed by atoms with Crippen LogP contribution in [0.25, 0.3) is 0 Å². The van der Waals surface area contributed by atoms with Gasteiger partial charge in [-0.15, -0.1) is 0 Å². The van der Waals surface area contributed by atoms with Gasteiger partial charge in [0.05, 0.1) is 6.54 Å². The van der Waals surface area contributed by atoms with Crippen LogP contribution >= 0.6 is 0 Å². The molecule has 1 fully saturated rings. The summed E-state index contributed by atoms with van der Waals surface area (Å²) in [6, 6.07) is 0.211. The first-order chi connectivity index (χ1) is 8.99. The fraction of sp³-hybridized carbons (Fsp3) is 0.857. The summed E-state index contributed by atoms with van der Waals surface area (Å²) in [5.74, 6) is 0.431. The van der Waals surface area contributed by atoms with Gasteiger partial charge in [-0.3, -0.25) is 9.59 Å². The van der Waals surface area contributed by atoms with E-state index < -0.39 is 0 Å². The van der Waals surface area contributed by atoms with Gasteiger partial charge in [0.1, 0.15) is 0 Å². The highest BCUT2D eigenvalue weighted by atomic mass is 16.2. The standard InChI is InChI=1S/C14H27N3O2/c1-4-16-13(18)9-17(5-2)14(19)11-6-7-12(15)10(3)8-11/h10-12H,4-9,15H2,1-3H3,(H,16,18). The lowest BCUT2D eigenvalue weighted by molar-refractivity contribution is -0.140. The van der Waals surface area contributed by atoms with Crippen LogP contribution in [0.1, 0.15) is 40.0 Å². The molecular formula is C14H27N3O2. The second-order valence-corrected chi connectivity index (χ2v) is 5.46. The van der Waals surface area contributed by atoms with Gasteiger partial charge in [-0.05, 0) is 39.0 Å². The number of carbonyl (C=O) groups is 2. The van der Waals surface area contributed by atoms with Gasteiger partial charge < -0.3 is 16.0 Å². The van der Waals surface area contributed by atoms with Crippen LogP contribution in [-0.4, -0.2) is 42.4 Å². The molecule has 0 saturated heterocycles. The summed E-state index contributed by atoms with van der Waals surface area (Å²) in [4.78, 5) is 25.7. The van der Waals surface area contributed by atoms with E-state index in [9.17, 15) is 9.59 Å². The number of nitrogens with two attached hydrogens (primary N) is 1. The molecule has 2 amide bonds. The first-order valence-corrected chi connectivity index (χ1v) is 7.30. The molecule has 5 heteroatoms. The number of nitrogens with zero attached hydrogens (tertiary/aromatic N) is 1. The molecule has 0 aromatic carbocycles. The Balaban J connectivity index is 2.56. The zero-order valence-electron chi connectivity index (χ0n) is 12.3. The first-order valence-electron chi connectivity index (χ1n) is 7.30. The van der Waals surface area contributed by atoms with E-state index in [1.807, 2.05) is 13.8 Å². The van der Waals surface area contributed by atoms with Crippen molar-refractivity contribution in [3.8, 4) is 0 Å². The fourth-order valence-electron chi connectivity index (χ4n) is 2.67. The topological polar surface area (TPSA) is 75.4 Å². The summed E-state index contributed by atoms with van der Waals surface area (Å²) >= 11 is 0. The number of amides is 2. The third-order valence-electron chi connectivity index (χ3n) is 3.99. The zero-order chi connectivity index (χ0) is 14.4. The molecule has 0 aromatic rings. The van der Waals surface area contributed by atoms with Gasteiger partial charge >= 0.3 is 0 Å². The highest BCUT2D eigenvalue weighted by Crippen LogP contribution is 2.29. The van der Waals surface area contributed by atoms with Crippen molar-refractivity contribution in [3.63, 3.8) is 0 Å². The molecular weight excluding hydrogens is 242 g/mol. The lowest BCUT2D eigenvalue weighted by atomic mass is 9.78. The number of nitrogens with one attached hydrogen (secondary N) is 1. The molecule has 1 aliphatic carbocycles. The van der Waals surface area contributed by atoms with Crippen molar-refractivity contribution in [3.05, 3.63) is 0 Å². The molecule has 0 heterocycles. The molecule has 0 spiro atoms. The summed E-state index contributed by atoms with van der Waals surface area (Å²) in [7, 11) is 0. The van der Waals surface area contributed by atoms with E-state index in [0.717, 1.165) is 19.3 Å². The minimum absolute atomic E-state index is 0.0316. The highest BCUT2D eigenvalue weighted by Gasteiger charge is 2.32. The Morgan fingerprint density at radius 2 is 2.00 bits per heavy atom. The van der Waals surface area contributed by atoms with E-state index in [0.29, 0.717) is 19.0 Å². The van der Waals surface area contributed by atoms with Crippen molar-refractivity contribution in [2.24, 2.45) is 17.6 Å². The van der Waals surface area contributed by atoms with Gasteiger partial charge in [0.25, 0.3) is 0 Å². The second-order valence-electron chi connectivity index (χ2n) is 5.46. The maximum atomic E-state index is 12.4. The fourth-order valence-corrected chi connectivity index (χ4v) is 2.67. The molecule has 0 aromatic heterocycles. The van der Waals surface area contributed by atoms with Crippen LogP contribution in [0.4, 0.5) is 0 Å². The van der Waals surface area contributed by atoms with Crippen LogP contribution in [0.5, 0.6) is 0 Å². The molecule has 110 valence electrons. The Hall–Kier alpha value is -1.10. The molecule has 0 aliphatic heterocycles. The summed E-state index contributed by atoms with van der Waals surface area (Å²) < 4.78 is 0. The van der Waals surface area contributed by atoms with E-state index in [1.165, 1.54) is 0 Å². The Bertz CT molecular complexity index is 320. The lowest BCUT2D eigenvalue weighted by Crippen LogP contribution is -2.46. The predicted octanol–water partition coefficient (Wildman–Crippen LogP) is 0.735. The van der Waals surface area contributed by atoms with Gasteiger partial charge in [0, 0.05) is 25.0 Å². The molecule has 3 atom stereocenters. The number of hydrogen-bond donors (Lipinski definition) is 2. The van der Waals surface area contributed by atoms with Crippen molar-refractivity contribution in [1.29, 1.82) is 0 Å². The summed E-state index contributed by atoms with van der Waals surface area (Å²) in [6.07, 6.45) is 2.58. The van der Waals surface area contributed by atoms with E-state index >= 15 is 0 Å². The van der Waals surface area contributed by atoms with E-state index in [2.05, 4.69) is 12.2 Å². The molecule has 1 aliphatic rings. The second kappa shape index (κ2) is 7.48. The van der Waals surface area contributed by atoms with Crippen LogP contribution in [0.15, 0.2) is 0 Å². The van der Waals surface area contributed by atoms with Gasteiger partial charge in [-0.2, -0.15) is 0 Å². The van der Waals surface area contributed by atoms with Crippen molar-refractivity contribution < 1.29 is 9.59 Å². The van der Waals surface area contributed by atoms with Crippen LogP contribution in [0.3, 0.4) is 0 Å². The number of hydrogen-bond acceptors (Lipinski definition) is 3. The Labute approximate surface area is 115 Å². The van der Waals surface area contributed by atoms with Crippen LogP contribution in [-0.2, 0) is 9.59 Å². The monoisotopic (exact) mass is 269 g/mol. The number of carbonyl (C=O) groups excluding carboxylic acids is 2. The Kier molecular flexibility index (Phi) is 6.28. The van der Waals surface area contributed by atoms with Gasteiger partial charge in [-0.1, -0.05) is 6.92 Å². The maximum Gasteiger partial charge on any atom is 0.239 e. The van der Waals surface area contributed by atoms with Gasteiger partial charge in [0.15, 0.2) is 0 Å². The molecule has 5 nitrogen and oxygen atoms in total. The van der Waals surface area contributed by atoms with E-state index in [1.54, 1.807) is 4.90 Å². The normalized spacial score (nSPS) is 26.8. The molecule has 0 radical (unpaired) electrons. The summed E-state index contributed by atoms with van der Waals surface area (Å²) in [5.41, 5.74) is 5.98. The van der Waals surface area contributed by atoms with Crippen molar-refractivity contribution in [2.45, 2.75) is 46.1 Å². The third kappa shape index (κ3) is 4.49. The minimum Gasteiger partial charge on any atom is -0.355 e. The van der Waals surface area contributed by atoms with Crippen molar-refractivity contribution in [1.82, 2.24) is 10.2 Å². The van der Waals surface area contributed by atoms with E-state index in [4.69, 9.17) is 5.73 Å². The third-order valence-corrected chi connectivity index (χ3v) is 3.99.